The third-order valence-corrected chi connectivity index (χ3v) is 4.20. The molecule has 8 heteroatoms. The molecular formula is C13H18N2O5S. The van der Waals surface area contributed by atoms with Crippen LogP contribution in [0.5, 0.6) is 0 Å². The summed E-state index contributed by atoms with van der Waals surface area (Å²) in [4.78, 5) is 13.1. The van der Waals surface area contributed by atoms with Crippen molar-refractivity contribution in [3.8, 4) is 0 Å². The van der Waals surface area contributed by atoms with E-state index in [4.69, 9.17) is 9.88 Å². The van der Waals surface area contributed by atoms with E-state index in [2.05, 4.69) is 0 Å². The second-order valence-corrected chi connectivity index (χ2v) is 7.12. The van der Waals surface area contributed by atoms with Crippen LogP contribution in [0.15, 0.2) is 23.1 Å². The van der Waals surface area contributed by atoms with E-state index in [0.717, 1.165) is 6.07 Å². The van der Waals surface area contributed by atoms with E-state index in [1.807, 2.05) is 18.7 Å². The highest BCUT2D eigenvalue weighted by molar-refractivity contribution is 7.89. The van der Waals surface area contributed by atoms with Crippen molar-refractivity contribution in [1.29, 1.82) is 0 Å². The number of carboxylic acids is 1. The Balaban J connectivity index is 2.46. The Bertz CT molecular complexity index is 669. The molecule has 1 aliphatic heterocycles. The average molecular weight is 314 g/mol. The maximum atomic E-state index is 11.4. The Kier molecular flexibility index (Phi) is 3.96. The molecule has 1 fully saturated rings. The highest BCUT2D eigenvalue weighted by Gasteiger charge is 2.29. The number of carbonyl (C=O) groups is 1. The molecule has 1 aliphatic rings. The molecule has 0 spiro atoms. The second kappa shape index (κ2) is 5.28. The van der Waals surface area contributed by atoms with Gasteiger partial charge in [0, 0.05) is 13.1 Å². The molecule has 0 aliphatic carbocycles. The summed E-state index contributed by atoms with van der Waals surface area (Å²) in [5, 5.41) is 14.4. The number of hydrogen-bond acceptors (Lipinski definition) is 5. The van der Waals surface area contributed by atoms with Gasteiger partial charge in [0.1, 0.15) is 0 Å². The van der Waals surface area contributed by atoms with Crippen LogP contribution in [-0.2, 0) is 14.8 Å². The summed E-state index contributed by atoms with van der Waals surface area (Å²) in [6.07, 6.45) is 0. The number of aromatic carboxylic acids is 1. The molecule has 21 heavy (non-hydrogen) atoms. The highest BCUT2D eigenvalue weighted by atomic mass is 32.2. The number of rotatable bonds is 3. The summed E-state index contributed by atoms with van der Waals surface area (Å²) in [6, 6.07) is 3.89. The van der Waals surface area contributed by atoms with Crippen LogP contribution in [0.2, 0.25) is 0 Å². The molecule has 3 N–H and O–H groups in total. The lowest BCUT2D eigenvalue weighted by molar-refractivity contribution is -0.0277. The van der Waals surface area contributed by atoms with E-state index in [9.17, 15) is 18.3 Å². The van der Waals surface area contributed by atoms with Gasteiger partial charge in [0.2, 0.25) is 10.0 Å². The Morgan fingerprint density at radius 1 is 1.43 bits per heavy atom. The van der Waals surface area contributed by atoms with E-state index in [1.165, 1.54) is 12.1 Å². The van der Waals surface area contributed by atoms with Crippen molar-refractivity contribution < 1.29 is 23.1 Å². The minimum absolute atomic E-state index is 0.0841. The summed E-state index contributed by atoms with van der Waals surface area (Å²) < 4.78 is 28.3. The Morgan fingerprint density at radius 3 is 2.62 bits per heavy atom. The summed E-state index contributed by atoms with van der Waals surface area (Å²) in [5.74, 6) is -1.19. The molecule has 7 nitrogen and oxygen atoms in total. The van der Waals surface area contributed by atoms with Crippen molar-refractivity contribution in [2.24, 2.45) is 5.14 Å². The van der Waals surface area contributed by atoms with Crippen LogP contribution in [0, 0.1) is 0 Å². The molecule has 1 aromatic carbocycles. The molecule has 0 amide bonds. The third kappa shape index (κ3) is 3.52. The molecule has 116 valence electrons. The SMILES string of the molecule is CC1(C)CN(c2ccc(S(N)(=O)=O)cc2C(=O)O)CCO1. The number of nitrogens with two attached hydrogens (primary N) is 1. The minimum atomic E-state index is -3.94. The zero-order valence-corrected chi connectivity index (χ0v) is 12.7. The molecule has 0 radical (unpaired) electrons. The van der Waals surface area contributed by atoms with Gasteiger partial charge in [-0.25, -0.2) is 18.4 Å². The van der Waals surface area contributed by atoms with Gasteiger partial charge in [-0.2, -0.15) is 0 Å². The smallest absolute Gasteiger partial charge is 0.337 e. The lowest BCUT2D eigenvalue weighted by Gasteiger charge is -2.40. The number of ether oxygens (including phenoxy) is 1. The second-order valence-electron chi connectivity index (χ2n) is 5.56. The quantitative estimate of drug-likeness (QED) is 0.847. The third-order valence-electron chi connectivity index (χ3n) is 3.29. The van der Waals surface area contributed by atoms with Crippen LogP contribution in [0.3, 0.4) is 0 Å². The maximum absolute atomic E-state index is 11.4. The van der Waals surface area contributed by atoms with Crippen LogP contribution >= 0.6 is 0 Å². The van der Waals surface area contributed by atoms with E-state index in [1.54, 1.807) is 0 Å². The Hall–Kier alpha value is -1.64. The number of morpholine rings is 1. The number of hydrogen-bond donors (Lipinski definition) is 2. The van der Waals surface area contributed by atoms with Crippen LogP contribution in [-0.4, -0.2) is 44.8 Å². The standard InChI is InChI=1S/C13H18N2O5S/c1-13(2)8-15(5-6-20-13)11-4-3-9(21(14,18)19)7-10(11)12(16)17/h3-4,7H,5-6,8H2,1-2H3,(H,16,17)(H2,14,18,19). The number of anilines is 1. The van der Waals surface area contributed by atoms with E-state index >= 15 is 0 Å². The zero-order chi connectivity index (χ0) is 15.8. The molecule has 2 rings (SSSR count). The van der Waals surface area contributed by atoms with Gasteiger partial charge in [-0.15, -0.1) is 0 Å². The molecule has 0 aromatic heterocycles. The van der Waals surface area contributed by atoms with Crippen molar-refractivity contribution in [2.45, 2.75) is 24.3 Å². The number of carboxylic acid groups (broad SMARTS) is 1. The van der Waals surface area contributed by atoms with Crippen molar-refractivity contribution in [3.63, 3.8) is 0 Å². The first-order chi connectivity index (χ1) is 9.60. The topological polar surface area (TPSA) is 110 Å². The van der Waals surface area contributed by atoms with E-state index in [0.29, 0.717) is 25.4 Å². The fraction of sp³-hybridized carbons (Fsp3) is 0.462. The fourth-order valence-corrected chi connectivity index (χ4v) is 2.90. The van der Waals surface area contributed by atoms with Crippen molar-refractivity contribution >= 4 is 21.7 Å². The summed E-state index contributed by atoms with van der Waals surface area (Å²) in [6.45, 7) is 5.36. The van der Waals surface area contributed by atoms with Crippen LogP contribution < -0.4 is 10.0 Å². The summed E-state index contributed by atoms with van der Waals surface area (Å²) in [7, 11) is -3.94. The largest absolute Gasteiger partial charge is 0.478 e. The zero-order valence-electron chi connectivity index (χ0n) is 11.9. The van der Waals surface area contributed by atoms with Crippen molar-refractivity contribution in [3.05, 3.63) is 23.8 Å². The van der Waals surface area contributed by atoms with Gasteiger partial charge in [-0.3, -0.25) is 0 Å². The summed E-state index contributed by atoms with van der Waals surface area (Å²) >= 11 is 0. The predicted molar refractivity (Wildman–Crippen MR) is 77.0 cm³/mol. The van der Waals surface area contributed by atoms with Crippen LogP contribution in [0.1, 0.15) is 24.2 Å². The number of primary sulfonamides is 1. The van der Waals surface area contributed by atoms with Crippen molar-refractivity contribution in [2.75, 3.05) is 24.6 Å². The molecule has 0 unspecified atom stereocenters. The molecule has 0 atom stereocenters. The molecule has 1 saturated heterocycles. The fourth-order valence-electron chi connectivity index (χ4n) is 2.36. The van der Waals surface area contributed by atoms with E-state index < -0.39 is 21.6 Å². The predicted octanol–water partition coefficient (Wildman–Crippen LogP) is 0.647. The van der Waals surface area contributed by atoms with Gasteiger partial charge >= 0.3 is 5.97 Å². The number of benzene rings is 1. The van der Waals surface area contributed by atoms with Gasteiger partial charge < -0.3 is 14.7 Å². The molecule has 0 saturated carbocycles. The minimum Gasteiger partial charge on any atom is -0.478 e. The monoisotopic (exact) mass is 314 g/mol. The molecular weight excluding hydrogens is 296 g/mol. The Labute approximate surface area is 123 Å². The van der Waals surface area contributed by atoms with Crippen molar-refractivity contribution in [1.82, 2.24) is 0 Å². The normalized spacial score (nSPS) is 18.5. The molecule has 1 aromatic rings. The number of sulfonamides is 1. The number of nitrogens with zero attached hydrogens (tertiary/aromatic N) is 1. The van der Waals surface area contributed by atoms with Gasteiger partial charge in [-0.05, 0) is 32.0 Å². The van der Waals surface area contributed by atoms with Gasteiger partial charge in [0.15, 0.2) is 0 Å². The lowest BCUT2D eigenvalue weighted by atomic mass is 10.0. The van der Waals surface area contributed by atoms with Gasteiger partial charge in [0.25, 0.3) is 0 Å². The summed E-state index contributed by atoms with van der Waals surface area (Å²) in [5.41, 5.74) is -0.0161. The average Bonchev–Trinajstić information content (AvgIpc) is 2.35. The van der Waals surface area contributed by atoms with Gasteiger partial charge in [0.05, 0.1) is 28.4 Å². The molecule has 0 bridgehead atoms. The van der Waals surface area contributed by atoms with Crippen LogP contribution in [0.25, 0.3) is 0 Å². The molecule has 1 heterocycles. The first kappa shape index (κ1) is 15.7. The van der Waals surface area contributed by atoms with E-state index in [-0.39, 0.29) is 10.5 Å². The lowest BCUT2D eigenvalue weighted by Crippen LogP contribution is -2.48. The van der Waals surface area contributed by atoms with Gasteiger partial charge in [-0.1, -0.05) is 0 Å². The first-order valence-electron chi connectivity index (χ1n) is 6.39. The maximum Gasteiger partial charge on any atom is 0.337 e. The first-order valence-corrected chi connectivity index (χ1v) is 7.94. The highest BCUT2D eigenvalue weighted by Crippen LogP contribution is 2.28. The Morgan fingerprint density at radius 2 is 2.10 bits per heavy atom. The van der Waals surface area contributed by atoms with Crippen LogP contribution in [0.4, 0.5) is 5.69 Å².